The number of hydrogen-bond acceptors (Lipinski definition) is 5. The lowest BCUT2D eigenvalue weighted by Crippen LogP contribution is -2.18. The molecule has 0 atom stereocenters. The van der Waals surface area contributed by atoms with Crippen molar-refractivity contribution in [3.63, 3.8) is 0 Å². The van der Waals surface area contributed by atoms with Crippen LogP contribution in [0.25, 0.3) is 11.3 Å². The minimum atomic E-state index is -0.299. The lowest BCUT2D eigenvalue weighted by Gasteiger charge is -2.14. The minimum absolute atomic E-state index is 0.256. The number of nitrogens with zero attached hydrogens (tertiary/aromatic N) is 2. The first kappa shape index (κ1) is 18.3. The number of benzene rings is 2. The molecule has 0 radical (unpaired) electrons. The molecular formula is C22H23N3O3. The first-order valence-electron chi connectivity index (χ1n) is 9.43. The molecule has 144 valence electrons. The molecule has 2 heterocycles. The molecular weight excluding hydrogens is 354 g/mol. The molecule has 0 spiro atoms. The predicted octanol–water partition coefficient (Wildman–Crippen LogP) is 4.20. The quantitative estimate of drug-likeness (QED) is 0.697. The van der Waals surface area contributed by atoms with Crippen LogP contribution in [0.4, 0.5) is 5.69 Å². The van der Waals surface area contributed by atoms with Gasteiger partial charge >= 0.3 is 0 Å². The normalized spacial score (nSPS) is 14.2. The zero-order valence-electron chi connectivity index (χ0n) is 15.9. The van der Waals surface area contributed by atoms with Gasteiger partial charge in [-0.05, 0) is 67.9 Å². The number of rotatable bonds is 6. The number of hydrogen-bond donors (Lipinski definition) is 1. The molecule has 4 rings (SSSR count). The molecule has 2 aromatic carbocycles. The third-order valence-corrected chi connectivity index (χ3v) is 4.95. The van der Waals surface area contributed by atoms with Crippen LogP contribution in [-0.4, -0.2) is 36.0 Å². The number of carbonyl (C=O) groups is 1. The number of likely N-dealkylation sites (tertiary alicyclic amines) is 1. The van der Waals surface area contributed by atoms with Gasteiger partial charge in [0.05, 0.1) is 7.11 Å². The molecule has 1 aliphatic heterocycles. The summed E-state index contributed by atoms with van der Waals surface area (Å²) in [5.41, 5.74) is 3.01. The second-order valence-electron chi connectivity index (χ2n) is 6.89. The molecule has 1 N–H and O–H groups in total. The summed E-state index contributed by atoms with van der Waals surface area (Å²) in [4.78, 5) is 19.2. The van der Waals surface area contributed by atoms with Crippen molar-refractivity contribution in [2.45, 2.75) is 19.4 Å². The zero-order valence-corrected chi connectivity index (χ0v) is 15.9. The fourth-order valence-corrected chi connectivity index (χ4v) is 3.44. The number of nitrogens with one attached hydrogen (secondary N) is 1. The summed E-state index contributed by atoms with van der Waals surface area (Å²) in [5.74, 6) is 0.876. The van der Waals surface area contributed by atoms with E-state index >= 15 is 0 Å². The van der Waals surface area contributed by atoms with Crippen LogP contribution in [0.5, 0.6) is 5.75 Å². The molecule has 6 nitrogen and oxygen atoms in total. The Labute approximate surface area is 164 Å². The number of carbonyl (C=O) groups excluding carboxylic acids is 1. The summed E-state index contributed by atoms with van der Waals surface area (Å²) in [6, 6.07) is 15.3. The molecule has 1 fully saturated rings. The van der Waals surface area contributed by atoms with Gasteiger partial charge in [0.15, 0.2) is 17.8 Å². The van der Waals surface area contributed by atoms with Gasteiger partial charge < -0.3 is 14.5 Å². The summed E-state index contributed by atoms with van der Waals surface area (Å²) >= 11 is 0. The van der Waals surface area contributed by atoms with Crippen LogP contribution >= 0.6 is 0 Å². The van der Waals surface area contributed by atoms with E-state index in [0.29, 0.717) is 5.76 Å². The van der Waals surface area contributed by atoms with Gasteiger partial charge in [-0.1, -0.05) is 12.1 Å². The van der Waals surface area contributed by atoms with Crippen molar-refractivity contribution in [3.05, 3.63) is 66.2 Å². The Hall–Kier alpha value is -3.12. The number of anilines is 1. The Balaban J connectivity index is 1.44. The maximum atomic E-state index is 12.7. The second kappa shape index (κ2) is 8.27. The average Bonchev–Trinajstić information content (AvgIpc) is 3.41. The van der Waals surface area contributed by atoms with E-state index in [2.05, 4.69) is 27.3 Å². The molecule has 6 heteroatoms. The van der Waals surface area contributed by atoms with Gasteiger partial charge in [-0.3, -0.25) is 9.69 Å². The van der Waals surface area contributed by atoms with Crippen LogP contribution in [0.15, 0.2) is 59.3 Å². The smallest absolute Gasteiger partial charge is 0.278 e. The summed E-state index contributed by atoms with van der Waals surface area (Å²) in [6.45, 7) is 3.29. The fourth-order valence-electron chi connectivity index (χ4n) is 3.44. The highest BCUT2D eigenvalue weighted by molar-refractivity contribution is 6.06. The van der Waals surface area contributed by atoms with Crippen LogP contribution in [0.3, 0.4) is 0 Å². The molecule has 1 aromatic heterocycles. The van der Waals surface area contributed by atoms with Crippen LogP contribution in [0.1, 0.15) is 28.9 Å². The predicted molar refractivity (Wildman–Crippen MR) is 107 cm³/mol. The molecule has 0 bridgehead atoms. The van der Waals surface area contributed by atoms with E-state index in [-0.39, 0.29) is 11.6 Å². The average molecular weight is 377 g/mol. The number of amides is 1. The van der Waals surface area contributed by atoms with E-state index in [4.69, 9.17) is 9.15 Å². The minimum Gasteiger partial charge on any atom is -0.497 e. The fraction of sp³-hybridized carbons (Fsp3) is 0.273. The SMILES string of the molecule is COc1ccc(-c2ocnc2C(=O)Nc2ccc(CN3CCCC3)cc2)cc1. The molecule has 28 heavy (non-hydrogen) atoms. The Morgan fingerprint density at radius 2 is 1.82 bits per heavy atom. The highest BCUT2D eigenvalue weighted by atomic mass is 16.5. The van der Waals surface area contributed by atoms with E-state index in [1.165, 1.54) is 37.9 Å². The molecule has 0 saturated carbocycles. The largest absolute Gasteiger partial charge is 0.497 e. The van der Waals surface area contributed by atoms with Crippen molar-refractivity contribution in [1.29, 1.82) is 0 Å². The van der Waals surface area contributed by atoms with Gasteiger partial charge in [0.1, 0.15) is 5.75 Å². The molecule has 1 aliphatic rings. The Kier molecular flexibility index (Phi) is 5.39. The molecule has 3 aromatic rings. The third kappa shape index (κ3) is 4.07. The van der Waals surface area contributed by atoms with Crippen LogP contribution < -0.4 is 10.1 Å². The molecule has 1 saturated heterocycles. The zero-order chi connectivity index (χ0) is 19.3. The van der Waals surface area contributed by atoms with Crippen molar-refractivity contribution in [3.8, 4) is 17.1 Å². The van der Waals surface area contributed by atoms with Crippen molar-refractivity contribution < 1.29 is 13.9 Å². The van der Waals surface area contributed by atoms with Crippen molar-refractivity contribution in [2.75, 3.05) is 25.5 Å². The van der Waals surface area contributed by atoms with Crippen LogP contribution in [0.2, 0.25) is 0 Å². The number of methoxy groups -OCH3 is 1. The summed E-state index contributed by atoms with van der Waals surface area (Å²) in [7, 11) is 1.61. The Morgan fingerprint density at radius 1 is 1.11 bits per heavy atom. The number of ether oxygens (including phenoxy) is 1. The van der Waals surface area contributed by atoms with E-state index in [9.17, 15) is 4.79 Å². The molecule has 0 aliphatic carbocycles. The maximum Gasteiger partial charge on any atom is 0.278 e. The number of oxazole rings is 1. The topological polar surface area (TPSA) is 67.6 Å². The Morgan fingerprint density at radius 3 is 2.50 bits per heavy atom. The van der Waals surface area contributed by atoms with Gasteiger partial charge in [0.2, 0.25) is 0 Å². The van der Waals surface area contributed by atoms with Gasteiger partial charge in [-0.25, -0.2) is 4.98 Å². The van der Waals surface area contributed by atoms with E-state index in [1.807, 2.05) is 36.4 Å². The first-order valence-corrected chi connectivity index (χ1v) is 9.43. The van der Waals surface area contributed by atoms with Gasteiger partial charge in [-0.2, -0.15) is 0 Å². The lowest BCUT2D eigenvalue weighted by molar-refractivity contribution is 0.102. The highest BCUT2D eigenvalue weighted by Crippen LogP contribution is 2.26. The first-order chi connectivity index (χ1) is 13.7. The number of aromatic nitrogens is 1. The van der Waals surface area contributed by atoms with E-state index in [1.54, 1.807) is 7.11 Å². The molecule has 1 amide bonds. The van der Waals surface area contributed by atoms with Gasteiger partial charge in [-0.15, -0.1) is 0 Å². The van der Waals surface area contributed by atoms with Crippen LogP contribution in [0, 0.1) is 0 Å². The second-order valence-corrected chi connectivity index (χ2v) is 6.89. The Bertz CT molecular complexity index is 926. The molecule has 0 unspecified atom stereocenters. The van der Waals surface area contributed by atoms with E-state index < -0.39 is 0 Å². The summed E-state index contributed by atoms with van der Waals surface area (Å²) in [6.07, 6.45) is 3.85. The lowest BCUT2D eigenvalue weighted by atomic mass is 10.1. The standard InChI is InChI=1S/C22H23N3O3/c1-27-19-10-6-17(7-11-19)21-20(23-15-28-21)22(26)24-18-8-4-16(5-9-18)14-25-12-2-3-13-25/h4-11,15H,2-3,12-14H2,1H3,(H,24,26). The van der Waals surface area contributed by atoms with E-state index in [0.717, 1.165) is 23.5 Å². The highest BCUT2D eigenvalue weighted by Gasteiger charge is 2.19. The van der Waals surface area contributed by atoms with Gasteiger partial charge in [0.25, 0.3) is 5.91 Å². The van der Waals surface area contributed by atoms with Crippen molar-refractivity contribution >= 4 is 11.6 Å². The van der Waals surface area contributed by atoms with Gasteiger partial charge in [0, 0.05) is 17.8 Å². The van der Waals surface area contributed by atoms with Crippen molar-refractivity contribution in [1.82, 2.24) is 9.88 Å². The summed E-state index contributed by atoms with van der Waals surface area (Å²) < 4.78 is 10.6. The van der Waals surface area contributed by atoms with Crippen LogP contribution in [-0.2, 0) is 6.54 Å². The monoisotopic (exact) mass is 377 g/mol. The maximum absolute atomic E-state index is 12.7. The summed E-state index contributed by atoms with van der Waals surface area (Å²) in [5, 5.41) is 2.90. The van der Waals surface area contributed by atoms with Crippen molar-refractivity contribution in [2.24, 2.45) is 0 Å². The third-order valence-electron chi connectivity index (χ3n) is 4.95.